The molecule has 8 heteroatoms. The number of hydrogen-bond acceptors (Lipinski definition) is 5. The van der Waals surface area contributed by atoms with Gasteiger partial charge in [0.05, 0.1) is 11.6 Å². The topological polar surface area (TPSA) is 64.8 Å². The zero-order valence-electron chi connectivity index (χ0n) is 14.4. The van der Waals surface area contributed by atoms with Crippen LogP contribution in [0.5, 0.6) is 5.75 Å². The molecule has 0 spiro atoms. The Morgan fingerprint density at radius 2 is 2.31 bits per heavy atom. The maximum Gasteiger partial charge on any atom is 0.276 e. The van der Waals surface area contributed by atoms with Crippen molar-refractivity contribution in [2.24, 2.45) is 5.92 Å². The second kappa shape index (κ2) is 8.51. The van der Waals surface area contributed by atoms with Gasteiger partial charge in [0.25, 0.3) is 5.91 Å². The van der Waals surface area contributed by atoms with Crippen molar-refractivity contribution in [3.05, 3.63) is 46.6 Å². The highest BCUT2D eigenvalue weighted by Crippen LogP contribution is 2.26. The van der Waals surface area contributed by atoms with Crippen LogP contribution in [0.1, 0.15) is 29.1 Å². The summed E-state index contributed by atoms with van der Waals surface area (Å²) in [5.41, 5.74) is 0.242. The summed E-state index contributed by atoms with van der Waals surface area (Å²) in [5, 5.41) is 4.01. The normalized spacial score (nSPS) is 17.3. The standard InChI is InChI=1S/C18H20ClFN2O4/c1-24-10-12-3-2-6-22(9-12)18(23)16-8-14(26-21-16)11-25-17-5-4-13(20)7-15(17)19/h4-5,7-8,12H,2-3,6,9-11H2,1H3. The molecule has 1 fully saturated rings. The van der Waals surface area contributed by atoms with Gasteiger partial charge in [0, 0.05) is 26.3 Å². The number of ether oxygens (including phenoxy) is 2. The number of amides is 1. The Bertz CT molecular complexity index is 765. The Morgan fingerprint density at radius 1 is 1.46 bits per heavy atom. The second-order valence-corrected chi connectivity index (χ2v) is 6.66. The molecule has 3 rings (SSSR count). The van der Waals surface area contributed by atoms with Crippen molar-refractivity contribution in [3.63, 3.8) is 0 Å². The van der Waals surface area contributed by atoms with E-state index in [9.17, 15) is 9.18 Å². The third-order valence-electron chi connectivity index (χ3n) is 4.25. The molecule has 140 valence electrons. The van der Waals surface area contributed by atoms with Crippen molar-refractivity contribution in [3.8, 4) is 5.75 Å². The Labute approximate surface area is 155 Å². The predicted molar refractivity (Wildman–Crippen MR) is 92.7 cm³/mol. The largest absolute Gasteiger partial charge is 0.484 e. The van der Waals surface area contributed by atoms with Crippen molar-refractivity contribution in [2.45, 2.75) is 19.4 Å². The molecule has 26 heavy (non-hydrogen) atoms. The first-order valence-corrected chi connectivity index (χ1v) is 8.76. The van der Waals surface area contributed by atoms with E-state index in [0.717, 1.165) is 12.8 Å². The van der Waals surface area contributed by atoms with E-state index in [1.807, 2.05) is 0 Å². The lowest BCUT2D eigenvalue weighted by Gasteiger charge is -2.31. The quantitative estimate of drug-likeness (QED) is 0.764. The highest BCUT2D eigenvalue weighted by molar-refractivity contribution is 6.32. The van der Waals surface area contributed by atoms with E-state index in [2.05, 4.69) is 5.16 Å². The number of carbonyl (C=O) groups excluding carboxylic acids is 1. The number of nitrogens with zero attached hydrogens (tertiary/aromatic N) is 2. The molecule has 0 bridgehead atoms. The van der Waals surface area contributed by atoms with Gasteiger partial charge in [-0.25, -0.2) is 4.39 Å². The molecule has 0 radical (unpaired) electrons. The first-order chi connectivity index (χ1) is 12.6. The molecule has 1 unspecified atom stereocenters. The molecule has 1 aromatic carbocycles. The maximum atomic E-state index is 13.0. The van der Waals surface area contributed by atoms with Gasteiger partial charge in [-0.05, 0) is 37.0 Å². The van der Waals surface area contributed by atoms with Gasteiger partial charge in [0.1, 0.15) is 18.2 Å². The van der Waals surface area contributed by atoms with Crippen LogP contribution in [0.4, 0.5) is 4.39 Å². The smallest absolute Gasteiger partial charge is 0.276 e. The third kappa shape index (κ3) is 4.53. The lowest BCUT2D eigenvalue weighted by Crippen LogP contribution is -2.41. The van der Waals surface area contributed by atoms with Crippen LogP contribution >= 0.6 is 11.6 Å². The van der Waals surface area contributed by atoms with E-state index in [1.54, 1.807) is 18.1 Å². The van der Waals surface area contributed by atoms with Crippen molar-refractivity contribution in [1.29, 1.82) is 0 Å². The Balaban J connectivity index is 1.59. The molecule has 6 nitrogen and oxygen atoms in total. The molecule has 1 aliphatic rings. The first-order valence-electron chi connectivity index (χ1n) is 8.38. The fourth-order valence-electron chi connectivity index (χ4n) is 3.01. The zero-order valence-corrected chi connectivity index (χ0v) is 15.2. The number of likely N-dealkylation sites (tertiary alicyclic amines) is 1. The molecule has 1 atom stereocenters. The maximum absolute atomic E-state index is 13.0. The summed E-state index contributed by atoms with van der Waals surface area (Å²) in [5.74, 6) is 0.451. The molecule has 2 heterocycles. The minimum atomic E-state index is -0.441. The van der Waals surface area contributed by atoms with Gasteiger partial charge in [0.2, 0.25) is 0 Å². The van der Waals surface area contributed by atoms with Gasteiger partial charge in [-0.1, -0.05) is 16.8 Å². The Morgan fingerprint density at radius 3 is 3.08 bits per heavy atom. The van der Waals surface area contributed by atoms with Crippen LogP contribution in [0, 0.1) is 11.7 Å². The molecule has 0 aliphatic carbocycles. The summed E-state index contributed by atoms with van der Waals surface area (Å²) >= 11 is 5.91. The highest BCUT2D eigenvalue weighted by Gasteiger charge is 2.26. The molecule has 1 aromatic heterocycles. The fourth-order valence-corrected chi connectivity index (χ4v) is 3.23. The van der Waals surface area contributed by atoms with Gasteiger partial charge in [0.15, 0.2) is 11.5 Å². The number of piperidine rings is 1. The SMILES string of the molecule is COCC1CCCN(C(=O)c2cc(COc3ccc(F)cc3Cl)on2)C1. The number of halogens is 2. The van der Waals surface area contributed by atoms with Gasteiger partial charge in [-0.15, -0.1) is 0 Å². The third-order valence-corrected chi connectivity index (χ3v) is 4.55. The Kier molecular flexibility index (Phi) is 6.11. The Hall–Kier alpha value is -2.12. The minimum absolute atomic E-state index is 0.0396. The van der Waals surface area contributed by atoms with Crippen molar-refractivity contribution in [2.75, 3.05) is 26.8 Å². The number of hydrogen-bond donors (Lipinski definition) is 0. The van der Waals surface area contributed by atoms with E-state index in [4.69, 9.17) is 25.6 Å². The van der Waals surface area contributed by atoms with Crippen LogP contribution in [-0.4, -0.2) is 42.8 Å². The van der Waals surface area contributed by atoms with E-state index >= 15 is 0 Å². The molecule has 1 saturated heterocycles. The monoisotopic (exact) mass is 382 g/mol. The average molecular weight is 383 g/mol. The number of benzene rings is 1. The summed E-state index contributed by atoms with van der Waals surface area (Å²) in [6, 6.07) is 5.41. The molecular weight excluding hydrogens is 363 g/mol. The van der Waals surface area contributed by atoms with E-state index < -0.39 is 5.82 Å². The zero-order chi connectivity index (χ0) is 18.5. The highest BCUT2D eigenvalue weighted by atomic mass is 35.5. The summed E-state index contributed by atoms with van der Waals surface area (Å²) < 4.78 is 28.9. The van der Waals surface area contributed by atoms with Crippen molar-refractivity contribution < 1.29 is 23.2 Å². The summed E-state index contributed by atoms with van der Waals surface area (Å²) in [6.45, 7) is 2.03. The summed E-state index contributed by atoms with van der Waals surface area (Å²) in [4.78, 5) is 14.4. The molecule has 1 amide bonds. The number of carbonyl (C=O) groups is 1. The van der Waals surface area contributed by atoms with Crippen LogP contribution in [-0.2, 0) is 11.3 Å². The molecule has 2 aromatic rings. The van der Waals surface area contributed by atoms with Crippen LogP contribution in [0.2, 0.25) is 5.02 Å². The van der Waals surface area contributed by atoms with Crippen LogP contribution in [0.3, 0.4) is 0 Å². The van der Waals surface area contributed by atoms with E-state index in [-0.39, 0.29) is 23.2 Å². The van der Waals surface area contributed by atoms with Crippen molar-refractivity contribution in [1.82, 2.24) is 10.1 Å². The molecule has 0 saturated carbocycles. The number of rotatable bonds is 6. The van der Waals surface area contributed by atoms with E-state index in [1.165, 1.54) is 18.2 Å². The first kappa shape index (κ1) is 18.7. The predicted octanol–water partition coefficient (Wildman–Crippen LogP) is 3.54. The second-order valence-electron chi connectivity index (χ2n) is 6.26. The average Bonchev–Trinajstić information content (AvgIpc) is 3.10. The molecule has 0 N–H and O–H groups in total. The fraction of sp³-hybridized carbons (Fsp3) is 0.444. The molecule has 1 aliphatic heterocycles. The summed E-state index contributed by atoms with van der Waals surface area (Å²) in [6.07, 6.45) is 1.99. The van der Waals surface area contributed by atoms with Gasteiger partial charge >= 0.3 is 0 Å². The van der Waals surface area contributed by atoms with Crippen molar-refractivity contribution >= 4 is 17.5 Å². The number of aromatic nitrogens is 1. The molecular formula is C18H20ClFN2O4. The lowest BCUT2D eigenvalue weighted by atomic mass is 9.99. The van der Waals surface area contributed by atoms with Crippen LogP contribution in [0.25, 0.3) is 0 Å². The van der Waals surface area contributed by atoms with Crippen LogP contribution < -0.4 is 4.74 Å². The van der Waals surface area contributed by atoms with Crippen LogP contribution in [0.15, 0.2) is 28.8 Å². The minimum Gasteiger partial charge on any atom is -0.484 e. The van der Waals surface area contributed by atoms with Gasteiger partial charge < -0.3 is 18.9 Å². The summed E-state index contributed by atoms with van der Waals surface area (Å²) in [7, 11) is 1.66. The lowest BCUT2D eigenvalue weighted by molar-refractivity contribution is 0.0561. The number of methoxy groups -OCH3 is 1. The van der Waals surface area contributed by atoms with Gasteiger partial charge in [-0.3, -0.25) is 4.79 Å². The van der Waals surface area contributed by atoms with Gasteiger partial charge in [-0.2, -0.15) is 0 Å². The van der Waals surface area contributed by atoms with E-state index in [0.29, 0.717) is 37.1 Å².